The summed E-state index contributed by atoms with van der Waals surface area (Å²) in [5.74, 6) is -0.922. The zero-order valence-electron chi connectivity index (χ0n) is 14.0. The predicted octanol–water partition coefficient (Wildman–Crippen LogP) is 6.22. The van der Waals surface area contributed by atoms with E-state index in [9.17, 15) is 4.79 Å². The standard InChI is InChI=1S/C20H32O2/c1-2-3-4-5-6-7-8-9-10-11-12-13-14-15-16-17-18-19-20(21)22/h12-19H,2-11H2,1H3,(H,21,22)/b13-12-,15-14-,17-16+,19-18+. The van der Waals surface area contributed by atoms with E-state index in [2.05, 4.69) is 19.1 Å². The largest absolute Gasteiger partial charge is 0.478 e. The molecule has 0 unspecified atom stereocenters. The highest BCUT2D eigenvalue weighted by Gasteiger charge is 1.90. The van der Waals surface area contributed by atoms with Crippen molar-refractivity contribution >= 4 is 5.97 Å². The highest BCUT2D eigenvalue weighted by atomic mass is 16.4. The molecule has 0 saturated heterocycles. The van der Waals surface area contributed by atoms with E-state index in [0.717, 1.165) is 12.5 Å². The Morgan fingerprint density at radius 1 is 0.727 bits per heavy atom. The Morgan fingerprint density at radius 2 is 1.23 bits per heavy atom. The fraction of sp³-hybridized carbons (Fsp3) is 0.550. The van der Waals surface area contributed by atoms with E-state index < -0.39 is 5.97 Å². The van der Waals surface area contributed by atoms with Gasteiger partial charge in [0.15, 0.2) is 0 Å². The van der Waals surface area contributed by atoms with E-state index in [1.807, 2.05) is 18.2 Å². The Hall–Kier alpha value is -1.57. The Morgan fingerprint density at radius 3 is 1.82 bits per heavy atom. The number of allylic oxidation sites excluding steroid dienone is 7. The van der Waals surface area contributed by atoms with Crippen molar-refractivity contribution in [2.45, 2.75) is 71.1 Å². The van der Waals surface area contributed by atoms with Gasteiger partial charge >= 0.3 is 5.97 Å². The summed E-state index contributed by atoms with van der Waals surface area (Å²) in [5.41, 5.74) is 0. The van der Waals surface area contributed by atoms with Crippen LogP contribution >= 0.6 is 0 Å². The van der Waals surface area contributed by atoms with Gasteiger partial charge in [-0.15, -0.1) is 0 Å². The minimum absolute atomic E-state index is 0.922. The third-order valence-corrected chi connectivity index (χ3v) is 3.40. The Labute approximate surface area is 136 Å². The van der Waals surface area contributed by atoms with Gasteiger partial charge in [-0.2, -0.15) is 0 Å². The van der Waals surface area contributed by atoms with Crippen LogP contribution in [0.5, 0.6) is 0 Å². The first kappa shape index (κ1) is 20.4. The van der Waals surface area contributed by atoms with Gasteiger partial charge < -0.3 is 5.11 Å². The monoisotopic (exact) mass is 304 g/mol. The van der Waals surface area contributed by atoms with Gasteiger partial charge in [0.1, 0.15) is 0 Å². The van der Waals surface area contributed by atoms with Gasteiger partial charge in [-0.1, -0.05) is 101 Å². The molecule has 2 heteroatoms. The Balaban J connectivity index is 3.35. The molecule has 2 nitrogen and oxygen atoms in total. The molecule has 0 atom stereocenters. The van der Waals surface area contributed by atoms with Crippen LogP contribution in [-0.2, 0) is 4.79 Å². The first-order valence-electron chi connectivity index (χ1n) is 8.67. The summed E-state index contributed by atoms with van der Waals surface area (Å²) in [7, 11) is 0. The van der Waals surface area contributed by atoms with E-state index in [-0.39, 0.29) is 0 Å². The molecule has 124 valence electrons. The van der Waals surface area contributed by atoms with Crippen molar-refractivity contribution in [2.24, 2.45) is 0 Å². The van der Waals surface area contributed by atoms with Crippen LogP contribution in [-0.4, -0.2) is 11.1 Å². The molecule has 0 bridgehead atoms. The molecule has 0 aliphatic heterocycles. The van der Waals surface area contributed by atoms with Crippen molar-refractivity contribution in [1.82, 2.24) is 0 Å². The fourth-order valence-electron chi connectivity index (χ4n) is 2.14. The molecule has 0 heterocycles. The van der Waals surface area contributed by atoms with Crippen molar-refractivity contribution in [1.29, 1.82) is 0 Å². The number of hydrogen-bond donors (Lipinski definition) is 1. The maximum Gasteiger partial charge on any atom is 0.328 e. The molecule has 0 aromatic rings. The second-order valence-electron chi connectivity index (χ2n) is 5.51. The molecule has 0 aromatic carbocycles. The zero-order chi connectivity index (χ0) is 16.3. The summed E-state index contributed by atoms with van der Waals surface area (Å²) in [6.45, 7) is 2.26. The lowest BCUT2D eigenvalue weighted by atomic mass is 10.1. The summed E-state index contributed by atoms with van der Waals surface area (Å²) >= 11 is 0. The summed E-state index contributed by atoms with van der Waals surface area (Å²) in [6.07, 6.45) is 27.7. The van der Waals surface area contributed by atoms with Crippen LogP contribution in [0.4, 0.5) is 0 Å². The fourth-order valence-corrected chi connectivity index (χ4v) is 2.14. The van der Waals surface area contributed by atoms with Crippen molar-refractivity contribution in [3.8, 4) is 0 Å². The molecule has 0 aliphatic rings. The molecular formula is C20H32O2. The van der Waals surface area contributed by atoms with E-state index in [1.165, 1.54) is 63.9 Å². The maximum absolute atomic E-state index is 10.2. The van der Waals surface area contributed by atoms with E-state index in [0.29, 0.717) is 0 Å². The third kappa shape index (κ3) is 18.4. The summed E-state index contributed by atoms with van der Waals surface area (Å²) in [4.78, 5) is 10.2. The molecule has 0 fully saturated rings. The normalized spacial score (nSPS) is 12.4. The Kier molecular flexibility index (Phi) is 16.2. The molecule has 22 heavy (non-hydrogen) atoms. The highest BCUT2D eigenvalue weighted by molar-refractivity contribution is 5.80. The lowest BCUT2D eigenvalue weighted by molar-refractivity contribution is -0.131. The SMILES string of the molecule is CCCCCCCCCCC\C=C/C=C\C=C\C=C\C(=O)O. The average molecular weight is 304 g/mol. The molecular weight excluding hydrogens is 272 g/mol. The van der Waals surface area contributed by atoms with Gasteiger partial charge in [0.2, 0.25) is 0 Å². The van der Waals surface area contributed by atoms with Gasteiger partial charge in [0.25, 0.3) is 0 Å². The van der Waals surface area contributed by atoms with Gasteiger partial charge in [-0.3, -0.25) is 0 Å². The first-order chi connectivity index (χ1) is 10.8. The molecule has 0 radical (unpaired) electrons. The number of hydrogen-bond acceptors (Lipinski definition) is 1. The summed E-state index contributed by atoms with van der Waals surface area (Å²) in [6, 6.07) is 0. The average Bonchev–Trinajstić information content (AvgIpc) is 2.50. The number of carboxylic acids is 1. The Bertz CT molecular complexity index is 362. The third-order valence-electron chi connectivity index (χ3n) is 3.40. The van der Waals surface area contributed by atoms with Crippen molar-refractivity contribution in [3.63, 3.8) is 0 Å². The second kappa shape index (κ2) is 17.5. The lowest BCUT2D eigenvalue weighted by Crippen LogP contribution is -1.84. The van der Waals surface area contributed by atoms with Gasteiger partial charge in [-0.25, -0.2) is 4.79 Å². The predicted molar refractivity (Wildman–Crippen MR) is 96.0 cm³/mol. The molecule has 0 aromatic heterocycles. The number of rotatable bonds is 14. The van der Waals surface area contributed by atoms with Crippen LogP contribution in [0, 0.1) is 0 Å². The van der Waals surface area contributed by atoms with E-state index in [4.69, 9.17) is 5.11 Å². The van der Waals surface area contributed by atoms with Crippen LogP contribution in [0.2, 0.25) is 0 Å². The minimum atomic E-state index is -0.922. The van der Waals surface area contributed by atoms with Crippen LogP contribution < -0.4 is 0 Å². The smallest absolute Gasteiger partial charge is 0.328 e. The summed E-state index contributed by atoms with van der Waals surface area (Å²) in [5, 5.41) is 8.39. The molecule has 0 aliphatic carbocycles. The number of unbranched alkanes of at least 4 members (excludes halogenated alkanes) is 9. The second-order valence-corrected chi connectivity index (χ2v) is 5.51. The van der Waals surface area contributed by atoms with Crippen LogP contribution in [0.15, 0.2) is 48.6 Å². The van der Waals surface area contributed by atoms with Gasteiger partial charge in [0, 0.05) is 6.08 Å². The van der Waals surface area contributed by atoms with Crippen LogP contribution in [0.3, 0.4) is 0 Å². The topological polar surface area (TPSA) is 37.3 Å². The van der Waals surface area contributed by atoms with E-state index in [1.54, 1.807) is 6.08 Å². The zero-order valence-corrected chi connectivity index (χ0v) is 14.0. The number of carboxylic acid groups (broad SMARTS) is 1. The quantitative estimate of drug-likeness (QED) is 0.235. The van der Waals surface area contributed by atoms with Crippen LogP contribution in [0.25, 0.3) is 0 Å². The number of carbonyl (C=O) groups is 1. The molecule has 0 spiro atoms. The lowest BCUT2D eigenvalue weighted by Gasteiger charge is -2.00. The molecule has 0 amide bonds. The summed E-state index contributed by atoms with van der Waals surface area (Å²) < 4.78 is 0. The van der Waals surface area contributed by atoms with Crippen molar-refractivity contribution in [3.05, 3.63) is 48.6 Å². The molecule has 1 N–H and O–H groups in total. The highest BCUT2D eigenvalue weighted by Crippen LogP contribution is 2.10. The van der Waals surface area contributed by atoms with Crippen LogP contribution in [0.1, 0.15) is 71.1 Å². The van der Waals surface area contributed by atoms with E-state index >= 15 is 0 Å². The minimum Gasteiger partial charge on any atom is -0.478 e. The number of aliphatic carboxylic acids is 1. The van der Waals surface area contributed by atoms with Crippen molar-refractivity contribution < 1.29 is 9.90 Å². The van der Waals surface area contributed by atoms with Crippen molar-refractivity contribution in [2.75, 3.05) is 0 Å². The van der Waals surface area contributed by atoms with Gasteiger partial charge in [-0.05, 0) is 12.8 Å². The molecule has 0 rings (SSSR count). The van der Waals surface area contributed by atoms with Gasteiger partial charge in [0.05, 0.1) is 0 Å². The first-order valence-corrected chi connectivity index (χ1v) is 8.67. The maximum atomic E-state index is 10.2. The molecule has 0 saturated carbocycles.